The van der Waals surface area contributed by atoms with Crippen LogP contribution >= 0.6 is 0 Å². The fourth-order valence-corrected chi connectivity index (χ4v) is 2.59. The topological polar surface area (TPSA) is 58.4 Å². The zero-order valence-corrected chi connectivity index (χ0v) is 9.41. The average molecular weight is 211 g/mol. The number of carbonyl (C=O) groups excluding carboxylic acids is 1. The molecule has 0 aromatic carbocycles. The highest BCUT2D eigenvalue weighted by atomic mass is 16.1. The summed E-state index contributed by atoms with van der Waals surface area (Å²) in [5.41, 5.74) is 6.01. The van der Waals surface area contributed by atoms with Crippen LogP contribution in [0, 0.1) is 5.92 Å². The molecule has 2 heterocycles. The van der Waals surface area contributed by atoms with Crippen molar-refractivity contribution in [1.82, 2.24) is 10.2 Å². The summed E-state index contributed by atoms with van der Waals surface area (Å²) in [7, 11) is 0. The van der Waals surface area contributed by atoms with Crippen LogP contribution in [-0.4, -0.2) is 42.5 Å². The Morgan fingerprint density at radius 1 is 1.47 bits per heavy atom. The molecular weight excluding hydrogens is 190 g/mol. The van der Waals surface area contributed by atoms with Gasteiger partial charge in [-0.25, -0.2) is 0 Å². The van der Waals surface area contributed by atoms with Gasteiger partial charge in [0.25, 0.3) is 0 Å². The lowest BCUT2D eigenvalue weighted by Crippen LogP contribution is -2.37. The maximum Gasteiger partial charge on any atom is 0.221 e. The van der Waals surface area contributed by atoms with Crippen LogP contribution in [0.1, 0.15) is 26.2 Å². The standard InChI is InChI=1S/C11H21N3O/c1-8-6-14(7-10(8)12)9-3-2-4-13-11(15)5-9/h8-10H,2-7,12H2,1H3,(H,13,15). The largest absolute Gasteiger partial charge is 0.356 e. The molecule has 3 atom stereocenters. The molecule has 0 spiro atoms. The summed E-state index contributed by atoms with van der Waals surface area (Å²) in [5.74, 6) is 0.766. The van der Waals surface area contributed by atoms with Crippen LogP contribution < -0.4 is 11.1 Å². The number of carbonyl (C=O) groups is 1. The van der Waals surface area contributed by atoms with E-state index in [2.05, 4.69) is 17.1 Å². The van der Waals surface area contributed by atoms with E-state index in [4.69, 9.17) is 5.73 Å². The monoisotopic (exact) mass is 211 g/mol. The first-order valence-electron chi connectivity index (χ1n) is 5.93. The molecule has 0 saturated carbocycles. The van der Waals surface area contributed by atoms with Gasteiger partial charge < -0.3 is 11.1 Å². The van der Waals surface area contributed by atoms with Crippen molar-refractivity contribution >= 4 is 5.91 Å². The lowest BCUT2D eigenvalue weighted by molar-refractivity contribution is -0.121. The molecule has 1 amide bonds. The summed E-state index contributed by atoms with van der Waals surface area (Å²) in [4.78, 5) is 13.8. The zero-order valence-electron chi connectivity index (χ0n) is 9.41. The van der Waals surface area contributed by atoms with Crippen LogP contribution in [0.15, 0.2) is 0 Å². The smallest absolute Gasteiger partial charge is 0.221 e. The molecule has 86 valence electrons. The van der Waals surface area contributed by atoms with Gasteiger partial charge in [-0.05, 0) is 18.8 Å². The second-order valence-electron chi connectivity index (χ2n) is 4.95. The summed E-state index contributed by atoms with van der Waals surface area (Å²) in [6.07, 6.45) is 2.87. The summed E-state index contributed by atoms with van der Waals surface area (Å²) >= 11 is 0. The number of rotatable bonds is 1. The Bertz CT molecular complexity index is 234. The van der Waals surface area contributed by atoms with Crippen LogP contribution in [0.5, 0.6) is 0 Å². The van der Waals surface area contributed by atoms with Gasteiger partial charge in [-0.3, -0.25) is 9.69 Å². The molecule has 4 nitrogen and oxygen atoms in total. The van der Waals surface area contributed by atoms with E-state index in [0.29, 0.717) is 18.4 Å². The SMILES string of the molecule is CC1CN(C2CCCNC(=O)C2)CC1N. The average Bonchev–Trinajstić information content (AvgIpc) is 2.41. The van der Waals surface area contributed by atoms with Gasteiger partial charge in [0, 0.05) is 38.1 Å². The molecule has 0 bridgehead atoms. The van der Waals surface area contributed by atoms with Gasteiger partial charge in [0.2, 0.25) is 5.91 Å². The first-order valence-corrected chi connectivity index (χ1v) is 5.93. The second-order valence-corrected chi connectivity index (χ2v) is 4.95. The third-order valence-electron chi connectivity index (χ3n) is 3.67. The van der Waals surface area contributed by atoms with E-state index in [9.17, 15) is 4.79 Å². The van der Waals surface area contributed by atoms with Crippen molar-refractivity contribution in [2.45, 2.75) is 38.3 Å². The predicted molar refractivity (Wildman–Crippen MR) is 59.4 cm³/mol. The Morgan fingerprint density at radius 2 is 2.27 bits per heavy atom. The van der Waals surface area contributed by atoms with Crippen LogP contribution in [0.2, 0.25) is 0 Å². The van der Waals surface area contributed by atoms with Crippen LogP contribution in [-0.2, 0) is 4.79 Å². The van der Waals surface area contributed by atoms with Gasteiger partial charge in [0.05, 0.1) is 0 Å². The Morgan fingerprint density at radius 3 is 2.93 bits per heavy atom. The third kappa shape index (κ3) is 2.49. The normalized spacial score (nSPS) is 38.8. The minimum atomic E-state index is 0.200. The Labute approximate surface area is 91.2 Å². The van der Waals surface area contributed by atoms with Gasteiger partial charge >= 0.3 is 0 Å². The zero-order chi connectivity index (χ0) is 10.8. The fourth-order valence-electron chi connectivity index (χ4n) is 2.59. The van der Waals surface area contributed by atoms with Crippen molar-refractivity contribution in [2.24, 2.45) is 11.7 Å². The number of likely N-dealkylation sites (tertiary alicyclic amines) is 1. The van der Waals surface area contributed by atoms with Gasteiger partial charge in [0.15, 0.2) is 0 Å². The molecule has 4 heteroatoms. The first kappa shape index (κ1) is 10.9. The van der Waals surface area contributed by atoms with Crippen molar-refractivity contribution in [3.63, 3.8) is 0 Å². The van der Waals surface area contributed by atoms with E-state index < -0.39 is 0 Å². The van der Waals surface area contributed by atoms with Crippen molar-refractivity contribution in [3.05, 3.63) is 0 Å². The van der Waals surface area contributed by atoms with E-state index in [1.807, 2.05) is 0 Å². The Balaban J connectivity index is 1.94. The predicted octanol–water partition coefficient (Wildman–Crippen LogP) is -0.0659. The lowest BCUT2D eigenvalue weighted by atomic mass is 10.1. The highest BCUT2D eigenvalue weighted by molar-refractivity contribution is 5.76. The van der Waals surface area contributed by atoms with Gasteiger partial charge in [-0.2, -0.15) is 0 Å². The van der Waals surface area contributed by atoms with Gasteiger partial charge in [-0.1, -0.05) is 6.92 Å². The van der Waals surface area contributed by atoms with Crippen LogP contribution in [0.4, 0.5) is 0 Å². The number of amides is 1. The molecule has 0 radical (unpaired) electrons. The molecule has 0 aromatic heterocycles. The minimum absolute atomic E-state index is 0.200. The molecule has 2 aliphatic heterocycles. The Hall–Kier alpha value is -0.610. The highest BCUT2D eigenvalue weighted by Gasteiger charge is 2.32. The third-order valence-corrected chi connectivity index (χ3v) is 3.67. The molecule has 2 saturated heterocycles. The maximum atomic E-state index is 11.4. The molecule has 3 N–H and O–H groups in total. The van der Waals surface area contributed by atoms with Crippen LogP contribution in [0.25, 0.3) is 0 Å². The number of nitrogens with zero attached hydrogens (tertiary/aromatic N) is 1. The molecule has 0 aliphatic carbocycles. The number of hydrogen-bond donors (Lipinski definition) is 2. The summed E-state index contributed by atoms with van der Waals surface area (Å²) < 4.78 is 0. The lowest BCUT2D eigenvalue weighted by Gasteiger charge is -2.25. The highest BCUT2D eigenvalue weighted by Crippen LogP contribution is 2.22. The van der Waals surface area contributed by atoms with E-state index in [1.54, 1.807) is 0 Å². The summed E-state index contributed by atoms with van der Waals surface area (Å²) in [6, 6.07) is 0.708. The van der Waals surface area contributed by atoms with Gasteiger partial charge in [-0.15, -0.1) is 0 Å². The number of hydrogen-bond acceptors (Lipinski definition) is 3. The quantitative estimate of drug-likeness (QED) is 0.638. The van der Waals surface area contributed by atoms with E-state index >= 15 is 0 Å². The van der Waals surface area contributed by atoms with Crippen molar-refractivity contribution in [3.8, 4) is 0 Å². The molecule has 0 aromatic rings. The van der Waals surface area contributed by atoms with Crippen LogP contribution in [0.3, 0.4) is 0 Å². The van der Waals surface area contributed by atoms with Gasteiger partial charge in [0.1, 0.15) is 0 Å². The van der Waals surface area contributed by atoms with Crippen molar-refractivity contribution in [1.29, 1.82) is 0 Å². The van der Waals surface area contributed by atoms with E-state index in [1.165, 1.54) is 0 Å². The molecule has 2 rings (SSSR count). The number of nitrogens with one attached hydrogen (secondary N) is 1. The summed E-state index contributed by atoms with van der Waals surface area (Å²) in [6.45, 7) is 5.05. The molecule has 2 aliphatic rings. The van der Waals surface area contributed by atoms with Crippen molar-refractivity contribution < 1.29 is 4.79 Å². The minimum Gasteiger partial charge on any atom is -0.356 e. The molecule has 15 heavy (non-hydrogen) atoms. The maximum absolute atomic E-state index is 11.4. The Kier molecular flexibility index (Phi) is 3.26. The molecule has 2 fully saturated rings. The van der Waals surface area contributed by atoms with E-state index in [-0.39, 0.29) is 11.9 Å². The second kappa shape index (κ2) is 4.49. The van der Waals surface area contributed by atoms with E-state index in [0.717, 1.165) is 32.5 Å². The number of nitrogens with two attached hydrogens (primary N) is 1. The first-order chi connectivity index (χ1) is 7.16. The van der Waals surface area contributed by atoms with Crippen molar-refractivity contribution in [2.75, 3.05) is 19.6 Å². The molecular formula is C11H21N3O. The fraction of sp³-hybridized carbons (Fsp3) is 0.909. The summed E-state index contributed by atoms with van der Waals surface area (Å²) in [5, 5.41) is 2.92. The molecule has 3 unspecified atom stereocenters.